The summed E-state index contributed by atoms with van der Waals surface area (Å²) in [4.78, 5) is 23.4. The highest BCUT2D eigenvalue weighted by atomic mass is 32.2. The summed E-state index contributed by atoms with van der Waals surface area (Å²) >= 11 is 0.895. The number of rotatable bonds is 4. The van der Waals surface area contributed by atoms with Gasteiger partial charge in [-0.05, 0) is 36.0 Å². The van der Waals surface area contributed by atoms with Crippen LogP contribution in [0.3, 0.4) is 0 Å². The van der Waals surface area contributed by atoms with Crippen LogP contribution in [0.5, 0.6) is 0 Å². The number of furan rings is 1. The first-order chi connectivity index (χ1) is 12.3. The lowest BCUT2D eigenvalue weighted by molar-refractivity contribution is -0.384. The SMILES string of the molecule is CN1C(=O)/C(=C/c2ccco2)S/C1=N\S(=O)(=O)c1ccc([N+](=O)[O-])cc1. The molecule has 1 aromatic heterocycles. The third kappa shape index (κ3) is 3.53. The second-order valence-electron chi connectivity index (χ2n) is 5.09. The molecule has 0 saturated carbocycles. The molecule has 0 radical (unpaired) electrons. The van der Waals surface area contributed by atoms with E-state index in [9.17, 15) is 23.3 Å². The smallest absolute Gasteiger partial charge is 0.284 e. The fraction of sp³-hybridized carbons (Fsp3) is 0.0667. The second-order valence-corrected chi connectivity index (χ2v) is 7.70. The molecule has 0 bridgehead atoms. The molecule has 1 fully saturated rings. The maximum absolute atomic E-state index is 12.4. The molecule has 9 nitrogen and oxygen atoms in total. The summed E-state index contributed by atoms with van der Waals surface area (Å²) in [7, 11) is -2.72. The van der Waals surface area contributed by atoms with Crippen molar-refractivity contribution in [1.82, 2.24) is 4.90 Å². The first-order valence-corrected chi connectivity index (χ1v) is 9.34. The van der Waals surface area contributed by atoms with Crippen LogP contribution in [0.25, 0.3) is 6.08 Å². The van der Waals surface area contributed by atoms with E-state index in [-0.39, 0.29) is 20.7 Å². The van der Waals surface area contributed by atoms with Gasteiger partial charge in [-0.1, -0.05) is 0 Å². The van der Waals surface area contributed by atoms with Crippen molar-refractivity contribution in [3.05, 3.63) is 63.4 Å². The fourth-order valence-corrected chi connectivity index (χ4v) is 4.20. The van der Waals surface area contributed by atoms with Gasteiger partial charge in [0, 0.05) is 25.3 Å². The number of nitrogens with zero attached hydrogens (tertiary/aromatic N) is 3. The minimum atomic E-state index is -4.13. The van der Waals surface area contributed by atoms with Crippen LogP contribution in [0.2, 0.25) is 0 Å². The summed E-state index contributed by atoms with van der Waals surface area (Å²) in [5, 5.41) is 10.6. The van der Waals surface area contributed by atoms with Gasteiger partial charge < -0.3 is 4.42 Å². The highest BCUT2D eigenvalue weighted by Gasteiger charge is 2.32. The molecule has 2 aromatic rings. The Labute approximate surface area is 152 Å². The summed E-state index contributed by atoms with van der Waals surface area (Å²) in [5.74, 6) is 0.0396. The Hall–Kier alpha value is -2.92. The van der Waals surface area contributed by atoms with Gasteiger partial charge in [0.25, 0.3) is 21.6 Å². The number of benzene rings is 1. The lowest BCUT2D eigenvalue weighted by Crippen LogP contribution is -2.24. The van der Waals surface area contributed by atoms with Crippen LogP contribution >= 0.6 is 11.8 Å². The number of likely N-dealkylation sites (N-methyl/N-ethyl adjacent to an activating group) is 1. The van der Waals surface area contributed by atoms with Gasteiger partial charge in [-0.15, -0.1) is 4.40 Å². The second kappa shape index (κ2) is 6.77. The monoisotopic (exact) mass is 393 g/mol. The van der Waals surface area contributed by atoms with E-state index in [4.69, 9.17) is 4.42 Å². The molecule has 0 atom stereocenters. The van der Waals surface area contributed by atoms with Crippen LogP contribution in [0.1, 0.15) is 5.76 Å². The molecule has 1 saturated heterocycles. The number of amidine groups is 1. The Balaban J connectivity index is 1.91. The Morgan fingerprint density at radius 2 is 1.96 bits per heavy atom. The minimum Gasteiger partial charge on any atom is -0.465 e. The fourth-order valence-electron chi connectivity index (χ4n) is 2.03. The number of thioether (sulfide) groups is 1. The number of nitro benzene ring substituents is 1. The third-order valence-electron chi connectivity index (χ3n) is 3.36. The van der Waals surface area contributed by atoms with E-state index in [0.717, 1.165) is 40.9 Å². The molecule has 0 spiro atoms. The van der Waals surface area contributed by atoms with E-state index < -0.39 is 20.9 Å². The number of hydrogen-bond donors (Lipinski definition) is 0. The number of non-ortho nitro benzene ring substituents is 1. The molecule has 2 heterocycles. The number of carbonyl (C=O) groups excluding carboxylic acids is 1. The van der Waals surface area contributed by atoms with Gasteiger partial charge in [-0.3, -0.25) is 19.8 Å². The number of carbonyl (C=O) groups is 1. The predicted octanol–water partition coefficient (Wildman–Crippen LogP) is 2.48. The van der Waals surface area contributed by atoms with Crippen molar-refractivity contribution in [2.75, 3.05) is 7.05 Å². The van der Waals surface area contributed by atoms with Crippen LogP contribution in [0, 0.1) is 10.1 Å². The Morgan fingerprint density at radius 1 is 1.27 bits per heavy atom. The number of nitro groups is 1. The molecule has 3 rings (SSSR count). The molecule has 0 aliphatic carbocycles. The number of sulfonamides is 1. The minimum absolute atomic E-state index is 0.0221. The van der Waals surface area contributed by atoms with Crippen LogP contribution in [-0.4, -0.2) is 36.4 Å². The van der Waals surface area contributed by atoms with Crippen molar-refractivity contribution < 1.29 is 22.6 Å². The molecular weight excluding hydrogens is 382 g/mol. The summed E-state index contributed by atoms with van der Waals surface area (Å²) in [6.45, 7) is 0. The normalized spacial score (nSPS) is 18.0. The van der Waals surface area contributed by atoms with Crippen LogP contribution in [-0.2, 0) is 14.8 Å². The molecule has 11 heteroatoms. The number of amides is 1. The third-order valence-corrected chi connectivity index (χ3v) is 5.82. The van der Waals surface area contributed by atoms with Gasteiger partial charge >= 0.3 is 0 Å². The first-order valence-electron chi connectivity index (χ1n) is 7.08. The van der Waals surface area contributed by atoms with E-state index >= 15 is 0 Å². The molecule has 134 valence electrons. The van der Waals surface area contributed by atoms with Gasteiger partial charge in [0.2, 0.25) is 0 Å². The van der Waals surface area contributed by atoms with Gasteiger partial charge in [-0.2, -0.15) is 8.42 Å². The van der Waals surface area contributed by atoms with Crippen molar-refractivity contribution in [3.8, 4) is 0 Å². The summed E-state index contributed by atoms with van der Waals surface area (Å²) in [6.07, 6.45) is 2.94. The van der Waals surface area contributed by atoms with Crippen molar-refractivity contribution in [1.29, 1.82) is 0 Å². The largest absolute Gasteiger partial charge is 0.465 e. The van der Waals surface area contributed by atoms with E-state index in [1.165, 1.54) is 19.4 Å². The molecule has 1 amide bonds. The van der Waals surface area contributed by atoms with E-state index in [0.29, 0.717) is 5.76 Å². The van der Waals surface area contributed by atoms with E-state index in [2.05, 4.69) is 4.40 Å². The molecule has 0 unspecified atom stereocenters. The molecule has 0 N–H and O–H groups in total. The van der Waals surface area contributed by atoms with E-state index in [1.54, 1.807) is 12.1 Å². The topological polar surface area (TPSA) is 123 Å². The summed E-state index contributed by atoms with van der Waals surface area (Å²) in [6, 6.07) is 7.66. The quantitative estimate of drug-likeness (QED) is 0.444. The zero-order valence-corrected chi connectivity index (χ0v) is 14.9. The Bertz CT molecular complexity index is 1020. The van der Waals surface area contributed by atoms with Crippen LogP contribution < -0.4 is 0 Å². The lowest BCUT2D eigenvalue weighted by atomic mass is 10.3. The zero-order chi connectivity index (χ0) is 18.9. The molecule has 1 aliphatic rings. The summed E-state index contributed by atoms with van der Waals surface area (Å²) < 4.78 is 33.6. The highest BCUT2D eigenvalue weighted by molar-refractivity contribution is 8.19. The van der Waals surface area contributed by atoms with Gasteiger partial charge in [0.05, 0.1) is 21.0 Å². The summed E-state index contributed by atoms with van der Waals surface area (Å²) in [5.41, 5.74) is -0.234. The molecular formula is C15H11N3O6S2. The van der Waals surface area contributed by atoms with Crippen LogP contribution in [0.4, 0.5) is 5.69 Å². The van der Waals surface area contributed by atoms with Gasteiger partial charge in [0.15, 0.2) is 5.17 Å². The predicted molar refractivity (Wildman–Crippen MR) is 94.8 cm³/mol. The first kappa shape index (κ1) is 17.9. The maximum atomic E-state index is 12.4. The molecule has 1 aromatic carbocycles. The zero-order valence-electron chi connectivity index (χ0n) is 13.2. The Morgan fingerprint density at radius 3 is 2.54 bits per heavy atom. The van der Waals surface area contributed by atoms with Gasteiger partial charge in [0.1, 0.15) is 5.76 Å². The molecule has 26 heavy (non-hydrogen) atoms. The number of hydrogen-bond acceptors (Lipinski definition) is 7. The lowest BCUT2D eigenvalue weighted by Gasteiger charge is -2.07. The van der Waals surface area contributed by atoms with Gasteiger partial charge in [-0.25, -0.2) is 0 Å². The van der Waals surface area contributed by atoms with Crippen molar-refractivity contribution >= 4 is 44.6 Å². The average Bonchev–Trinajstić information content (AvgIpc) is 3.20. The highest BCUT2D eigenvalue weighted by Crippen LogP contribution is 2.32. The van der Waals surface area contributed by atoms with Crippen LogP contribution in [0.15, 0.2) is 61.3 Å². The van der Waals surface area contributed by atoms with Crippen molar-refractivity contribution in [2.45, 2.75) is 4.90 Å². The van der Waals surface area contributed by atoms with Crippen molar-refractivity contribution in [3.63, 3.8) is 0 Å². The standard InChI is InChI=1S/C15H11N3O6S2/c1-17-14(19)13(9-11-3-2-8-24-11)25-15(17)16-26(22,23)12-6-4-10(5-7-12)18(20)21/h2-9H,1H3/b13-9-,16-15-. The maximum Gasteiger partial charge on any atom is 0.284 e. The Kier molecular flexibility index (Phi) is 4.66. The van der Waals surface area contributed by atoms with E-state index in [1.807, 2.05) is 0 Å². The molecule has 1 aliphatic heterocycles. The average molecular weight is 393 g/mol. The van der Waals surface area contributed by atoms with Crippen molar-refractivity contribution in [2.24, 2.45) is 4.40 Å².